The highest BCUT2D eigenvalue weighted by Crippen LogP contribution is 2.48. The van der Waals surface area contributed by atoms with Gasteiger partial charge in [0.1, 0.15) is 5.78 Å². The van der Waals surface area contributed by atoms with Crippen LogP contribution in [0.1, 0.15) is 62.6 Å². The summed E-state index contributed by atoms with van der Waals surface area (Å²) in [5, 5.41) is 0.687. The summed E-state index contributed by atoms with van der Waals surface area (Å²) in [6.45, 7) is 8.38. The van der Waals surface area contributed by atoms with Crippen molar-refractivity contribution >= 4 is 23.4 Å². The average Bonchev–Trinajstić information content (AvgIpc) is 2.52. The molecule has 0 amide bonds. The van der Waals surface area contributed by atoms with Crippen molar-refractivity contribution in [3.8, 4) is 0 Å². The first-order chi connectivity index (χ1) is 11.6. The summed E-state index contributed by atoms with van der Waals surface area (Å²) in [4.78, 5) is 25.3. The summed E-state index contributed by atoms with van der Waals surface area (Å²) in [5.41, 5.74) is 2.63. The number of ketones is 1. The fourth-order valence-electron chi connectivity index (χ4n) is 3.93. The van der Waals surface area contributed by atoms with E-state index in [9.17, 15) is 9.59 Å². The van der Waals surface area contributed by atoms with Gasteiger partial charge in [-0.15, -0.1) is 0 Å². The lowest BCUT2D eigenvalue weighted by Gasteiger charge is -2.41. The summed E-state index contributed by atoms with van der Waals surface area (Å²) in [7, 11) is 1.42. The number of hydrogen-bond acceptors (Lipinski definition) is 3. The van der Waals surface area contributed by atoms with Gasteiger partial charge >= 0.3 is 5.97 Å². The standard InChI is InChI=1S/C21H29ClO3/c1-14-10-16(22)11-15(2)18(14)12-17(23)13-21(19(24)25-5)8-6-20(3,4)7-9-21/h10-11H,6-9,12-13H2,1-5H3. The Morgan fingerprint density at radius 1 is 1.08 bits per heavy atom. The number of carbonyl (C=O) groups excluding carboxylic acids is 2. The van der Waals surface area contributed by atoms with Crippen LogP contribution in [0.4, 0.5) is 0 Å². The Morgan fingerprint density at radius 2 is 1.60 bits per heavy atom. The van der Waals surface area contributed by atoms with E-state index < -0.39 is 5.41 Å². The number of carbonyl (C=O) groups is 2. The minimum Gasteiger partial charge on any atom is -0.469 e. The van der Waals surface area contributed by atoms with Crippen LogP contribution >= 0.6 is 11.6 Å². The molecule has 0 bridgehead atoms. The zero-order valence-corrected chi connectivity index (χ0v) is 16.8. The highest BCUT2D eigenvalue weighted by Gasteiger charge is 2.46. The van der Waals surface area contributed by atoms with E-state index in [4.69, 9.17) is 16.3 Å². The molecule has 1 aromatic rings. The van der Waals surface area contributed by atoms with Crippen molar-refractivity contribution in [3.05, 3.63) is 33.8 Å². The second-order valence-electron chi connectivity index (χ2n) is 8.35. The van der Waals surface area contributed by atoms with Gasteiger partial charge in [0.2, 0.25) is 0 Å². The van der Waals surface area contributed by atoms with Crippen LogP contribution < -0.4 is 0 Å². The summed E-state index contributed by atoms with van der Waals surface area (Å²) in [5.74, 6) is -0.139. The highest BCUT2D eigenvalue weighted by molar-refractivity contribution is 6.30. The Hall–Kier alpha value is -1.35. The van der Waals surface area contributed by atoms with Gasteiger partial charge in [-0.2, -0.15) is 0 Å². The van der Waals surface area contributed by atoms with E-state index in [0.717, 1.165) is 42.4 Å². The molecule has 25 heavy (non-hydrogen) atoms. The van der Waals surface area contributed by atoms with Crippen LogP contribution in [0, 0.1) is 24.7 Å². The number of benzene rings is 1. The van der Waals surface area contributed by atoms with Crippen LogP contribution in [-0.4, -0.2) is 18.9 Å². The molecule has 0 aromatic heterocycles. The molecule has 3 nitrogen and oxygen atoms in total. The molecule has 0 unspecified atom stereocenters. The van der Waals surface area contributed by atoms with Gasteiger partial charge in [0.15, 0.2) is 0 Å². The number of methoxy groups -OCH3 is 1. The van der Waals surface area contributed by atoms with Crippen LogP contribution in [0.2, 0.25) is 5.02 Å². The normalized spacial score (nSPS) is 18.6. The van der Waals surface area contributed by atoms with E-state index in [1.807, 2.05) is 26.0 Å². The Kier molecular flexibility index (Phi) is 5.98. The Bertz CT molecular complexity index is 643. The van der Waals surface area contributed by atoms with E-state index in [2.05, 4.69) is 13.8 Å². The van der Waals surface area contributed by atoms with Crippen molar-refractivity contribution in [2.24, 2.45) is 10.8 Å². The zero-order chi connectivity index (χ0) is 18.8. The molecule has 138 valence electrons. The number of Topliss-reactive ketones (excluding diaryl/α,β-unsaturated/α-hetero) is 1. The maximum absolute atomic E-state index is 12.8. The maximum Gasteiger partial charge on any atom is 0.312 e. The number of hydrogen-bond donors (Lipinski definition) is 0. The predicted molar refractivity (Wildman–Crippen MR) is 101 cm³/mol. The molecule has 0 heterocycles. The third-order valence-electron chi connectivity index (χ3n) is 5.75. The second-order valence-corrected chi connectivity index (χ2v) is 8.78. The predicted octanol–water partition coefficient (Wildman–Crippen LogP) is 5.22. The van der Waals surface area contributed by atoms with Crippen LogP contribution in [0.15, 0.2) is 12.1 Å². The Labute approximate surface area is 156 Å². The molecule has 0 atom stereocenters. The zero-order valence-electron chi connectivity index (χ0n) is 16.0. The minimum absolute atomic E-state index is 0.0960. The van der Waals surface area contributed by atoms with Gasteiger partial charge < -0.3 is 4.74 Å². The molecule has 0 spiro atoms. The molecule has 0 N–H and O–H groups in total. The van der Waals surface area contributed by atoms with Crippen molar-refractivity contribution in [1.82, 2.24) is 0 Å². The Balaban J connectivity index is 2.17. The molecule has 0 saturated heterocycles. The molecule has 1 aromatic carbocycles. The third kappa shape index (κ3) is 4.63. The molecule has 1 saturated carbocycles. The van der Waals surface area contributed by atoms with Crippen molar-refractivity contribution in [2.45, 2.75) is 66.2 Å². The van der Waals surface area contributed by atoms with Gasteiger partial charge in [-0.05, 0) is 73.8 Å². The minimum atomic E-state index is -0.657. The fourth-order valence-corrected chi connectivity index (χ4v) is 4.26. The Morgan fingerprint density at radius 3 is 2.08 bits per heavy atom. The number of esters is 1. The highest BCUT2D eigenvalue weighted by atomic mass is 35.5. The SMILES string of the molecule is COC(=O)C1(CC(=O)Cc2c(C)cc(Cl)cc2C)CCC(C)(C)CC1. The first-order valence-electron chi connectivity index (χ1n) is 8.94. The summed E-state index contributed by atoms with van der Waals surface area (Å²) >= 11 is 6.08. The van der Waals surface area contributed by atoms with E-state index in [-0.39, 0.29) is 23.6 Å². The largest absolute Gasteiger partial charge is 0.469 e. The van der Waals surface area contributed by atoms with Crippen molar-refractivity contribution in [3.63, 3.8) is 0 Å². The molecule has 1 aliphatic carbocycles. The van der Waals surface area contributed by atoms with Gasteiger partial charge in [0.05, 0.1) is 12.5 Å². The molecule has 1 aliphatic rings. The first kappa shape index (κ1) is 20.0. The van der Waals surface area contributed by atoms with E-state index in [0.29, 0.717) is 11.4 Å². The summed E-state index contributed by atoms with van der Waals surface area (Å²) < 4.78 is 5.07. The third-order valence-corrected chi connectivity index (χ3v) is 5.97. The molecular weight excluding hydrogens is 336 g/mol. The lowest BCUT2D eigenvalue weighted by molar-refractivity contribution is -0.158. The van der Waals surface area contributed by atoms with Crippen molar-refractivity contribution < 1.29 is 14.3 Å². The second kappa shape index (κ2) is 7.49. The lowest BCUT2D eigenvalue weighted by atomic mass is 9.63. The molecular formula is C21H29ClO3. The maximum atomic E-state index is 12.8. The number of aryl methyl sites for hydroxylation is 2. The van der Waals surface area contributed by atoms with Gasteiger partial charge in [-0.1, -0.05) is 25.4 Å². The van der Waals surface area contributed by atoms with Gasteiger partial charge in [0, 0.05) is 17.9 Å². The van der Waals surface area contributed by atoms with Crippen LogP contribution in [-0.2, 0) is 20.7 Å². The molecule has 0 aliphatic heterocycles. The molecule has 0 radical (unpaired) electrons. The number of rotatable bonds is 5. The number of ether oxygens (including phenoxy) is 1. The fraction of sp³-hybridized carbons (Fsp3) is 0.619. The van der Waals surface area contributed by atoms with Crippen LogP contribution in [0.25, 0.3) is 0 Å². The summed E-state index contributed by atoms with van der Waals surface area (Å²) in [6.07, 6.45) is 3.92. The number of halogens is 1. The van der Waals surface area contributed by atoms with E-state index in [1.165, 1.54) is 7.11 Å². The molecule has 2 rings (SSSR count). The van der Waals surface area contributed by atoms with E-state index >= 15 is 0 Å². The van der Waals surface area contributed by atoms with Gasteiger partial charge in [-0.3, -0.25) is 9.59 Å². The van der Waals surface area contributed by atoms with Gasteiger partial charge in [-0.25, -0.2) is 0 Å². The monoisotopic (exact) mass is 364 g/mol. The lowest BCUT2D eigenvalue weighted by Crippen LogP contribution is -2.40. The molecule has 4 heteroatoms. The van der Waals surface area contributed by atoms with Crippen LogP contribution in [0.3, 0.4) is 0 Å². The average molecular weight is 365 g/mol. The smallest absolute Gasteiger partial charge is 0.312 e. The summed E-state index contributed by atoms with van der Waals surface area (Å²) in [6, 6.07) is 3.77. The quantitative estimate of drug-likeness (QED) is 0.673. The van der Waals surface area contributed by atoms with E-state index in [1.54, 1.807) is 0 Å². The molecule has 1 fully saturated rings. The van der Waals surface area contributed by atoms with Gasteiger partial charge in [0.25, 0.3) is 0 Å². The first-order valence-corrected chi connectivity index (χ1v) is 9.32. The topological polar surface area (TPSA) is 43.4 Å². The van der Waals surface area contributed by atoms with Crippen molar-refractivity contribution in [2.75, 3.05) is 7.11 Å². The van der Waals surface area contributed by atoms with Crippen molar-refractivity contribution in [1.29, 1.82) is 0 Å². The van der Waals surface area contributed by atoms with Crippen LogP contribution in [0.5, 0.6) is 0 Å².